The standard InChI is InChI=1S/C12H21NO4/c1-5-12(4,6-7-14)11(17)13-9(8(2)3)10(15)16/h5,8-9,14H,1,6-7H2,2-4H3,(H,13,17)(H,15,16)/t9-,12?/m0/s1. The van der Waals surface area contributed by atoms with Gasteiger partial charge in [-0.15, -0.1) is 6.58 Å². The lowest BCUT2D eigenvalue weighted by Crippen LogP contribution is -2.49. The lowest BCUT2D eigenvalue weighted by atomic mass is 9.85. The number of carbonyl (C=O) groups is 2. The predicted molar refractivity (Wildman–Crippen MR) is 64.4 cm³/mol. The molecule has 0 rings (SSSR count). The Kier molecular flexibility index (Phi) is 5.88. The number of hydrogen-bond donors (Lipinski definition) is 3. The van der Waals surface area contributed by atoms with Gasteiger partial charge in [0.25, 0.3) is 0 Å². The number of nitrogens with one attached hydrogen (secondary N) is 1. The SMILES string of the molecule is C=CC(C)(CCO)C(=O)N[C@H](C(=O)O)C(C)C. The second kappa shape index (κ2) is 6.39. The summed E-state index contributed by atoms with van der Waals surface area (Å²) >= 11 is 0. The Balaban J connectivity index is 4.81. The number of aliphatic hydroxyl groups is 1. The van der Waals surface area contributed by atoms with Crippen molar-refractivity contribution in [2.45, 2.75) is 33.2 Å². The van der Waals surface area contributed by atoms with Gasteiger partial charge in [0.1, 0.15) is 6.04 Å². The summed E-state index contributed by atoms with van der Waals surface area (Å²) in [7, 11) is 0. The lowest BCUT2D eigenvalue weighted by Gasteiger charge is -2.27. The summed E-state index contributed by atoms with van der Waals surface area (Å²) in [6.45, 7) is 8.45. The highest BCUT2D eigenvalue weighted by Gasteiger charge is 2.33. The Hall–Kier alpha value is -1.36. The number of rotatable bonds is 7. The van der Waals surface area contributed by atoms with E-state index in [2.05, 4.69) is 11.9 Å². The molecule has 17 heavy (non-hydrogen) atoms. The quantitative estimate of drug-likeness (QED) is 0.577. The third-order valence-corrected chi connectivity index (χ3v) is 2.82. The van der Waals surface area contributed by atoms with Crippen LogP contribution in [0.1, 0.15) is 27.2 Å². The fourth-order valence-corrected chi connectivity index (χ4v) is 1.36. The van der Waals surface area contributed by atoms with E-state index in [4.69, 9.17) is 10.2 Å². The van der Waals surface area contributed by atoms with Crippen molar-refractivity contribution in [3.8, 4) is 0 Å². The molecule has 98 valence electrons. The van der Waals surface area contributed by atoms with E-state index >= 15 is 0 Å². The van der Waals surface area contributed by atoms with Gasteiger partial charge < -0.3 is 15.5 Å². The van der Waals surface area contributed by atoms with Crippen molar-refractivity contribution in [2.24, 2.45) is 11.3 Å². The number of aliphatic carboxylic acids is 1. The van der Waals surface area contributed by atoms with Crippen molar-refractivity contribution in [1.82, 2.24) is 5.32 Å². The molecule has 0 spiro atoms. The van der Waals surface area contributed by atoms with Crippen LogP contribution in [-0.2, 0) is 9.59 Å². The fourth-order valence-electron chi connectivity index (χ4n) is 1.36. The molecule has 2 atom stereocenters. The molecule has 0 aliphatic heterocycles. The van der Waals surface area contributed by atoms with Gasteiger partial charge in [-0.1, -0.05) is 19.9 Å². The van der Waals surface area contributed by atoms with Crippen LogP contribution < -0.4 is 5.32 Å². The second-order valence-corrected chi connectivity index (χ2v) is 4.63. The van der Waals surface area contributed by atoms with E-state index in [0.717, 1.165) is 0 Å². The minimum atomic E-state index is -1.07. The van der Waals surface area contributed by atoms with Gasteiger partial charge in [0.2, 0.25) is 5.91 Å². The fraction of sp³-hybridized carbons (Fsp3) is 0.667. The van der Waals surface area contributed by atoms with E-state index < -0.39 is 23.3 Å². The zero-order valence-electron chi connectivity index (χ0n) is 10.6. The first-order valence-electron chi connectivity index (χ1n) is 5.56. The van der Waals surface area contributed by atoms with Gasteiger partial charge >= 0.3 is 5.97 Å². The van der Waals surface area contributed by atoms with Crippen molar-refractivity contribution in [2.75, 3.05) is 6.61 Å². The molecular weight excluding hydrogens is 222 g/mol. The van der Waals surface area contributed by atoms with Crippen LogP contribution in [-0.4, -0.2) is 34.7 Å². The first-order chi connectivity index (χ1) is 7.78. The predicted octanol–water partition coefficient (Wildman–Crippen LogP) is 0.786. The van der Waals surface area contributed by atoms with Crippen molar-refractivity contribution in [3.05, 3.63) is 12.7 Å². The van der Waals surface area contributed by atoms with Crippen LogP contribution in [0.5, 0.6) is 0 Å². The van der Waals surface area contributed by atoms with Gasteiger partial charge in [-0.3, -0.25) is 4.79 Å². The summed E-state index contributed by atoms with van der Waals surface area (Å²) in [5.41, 5.74) is -0.947. The second-order valence-electron chi connectivity index (χ2n) is 4.63. The maximum atomic E-state index is 11.9. The minimum absolute atomic E-state index is 0.157. The summed E-state index contributed by atoms with van der Waals surface area (Å²) in [4.78, 5) is 22.9. The molecular formula is C12H21NO4. The van der Waals surface area contributed by atoms with Crippen LogP contribution in [0.3, 0.4) is 0 Å². The molecule has 1 unspecified atom stereocenters. The van der Waals surface area contributed by atoms with Crippen molar-refractivity contribution < 1.29 is 19.8 Å². The first kappa shape index (κ1) is 15.6. The Morgan fingerprint density at radius 2 is 2.00 bits per heavy atom. The normalized spacial score (nSPS) is 16.1. The van der Waals surface area contributed by atoms with Crippen molar-refractivity contribution in [1.29, 1.82) is 0 Å². The van der Waals surface area contributed by atoms with Gasteiger partial charge in [-0.2, -0.15) is 0 Å². The highest BCUT2D eigenvalue weighted by atomic mass is 16.4. The van der Waals surface area contributed by atoms with Gasteiger partial charge in [0.05, 0.1) is 5.41 Å². The highest BCUT2D eigenvalue weighted by molar-refractivity contribution is 5.88. The van der Waals surface area contributed by atoms with Crippen LogP contribution in [0, 0.1) is 11.3 Å². The van der Waals surface area contributed by atoms with E-state index in [1.54, 1.807) is 20.8 Å². The average Bonchev–Trinajstić information content (AvgIpc) is 2.24. The topological polar surface area (TPSA) is 86.6 Å². The van der Waals surface area contributed by atoms with Crippen LogP contribution >= 0.6 is 0 Å². The molecule has 1 amide bonds. The van der Waals surface area contributed by atoms with E-state index in [9.17, 15) is 9.59 Å². The number of carboxylic acid groups (broad SMARTS) is 1. The lowest BCUT2D eigenvalue weighted by molar-refractivity contribution is -0.144. The van der Waals surface area contributed by atoms with Gasteiger partial charge in [-0.25, -0.2) is 4.79 Å². The van der Waals surface area contributed by atoms with E-state index in [1.165, 1.54) is 6.08 Å². The molecule has 0 fully saturated rings. The maximum Gasteiger partial charge on any atom is 0.326 e. The molecule has 0 aromatic carbocycles. The van der Waals surface area contributed by atoms with Gasteiger partial charge in [0.15, 0.2) is 0 Å². The Morgan fingerprint density at radius 3 is 2.29 bits per heavy atom. The zero-order chi connectivity index (χ0) is 13.6. The number of carboxylic acids is 1. The molecule has 0 aliphatic carbocycles. The highest BCUT2D eigenvalue weighted by Crippen LogP contribution is 2.23. The summed E-state index contributed by atoms with van der Waals surface area (Å²) in [5.74, 6) is -1.70. The van der Waals surface area contributed by atoms with Gasteiger partial charge in [0, 0.05) is 6.61 Å². The smallest absolute Gasteiger partial charge is 0.326 e. The van der Waals surface area contributed by atoms with Crippen LogP contribution in [0.2, 0.25) is 0 Å². The number of hydrogen-bond acceptors (Lipinski definition) is 3. The molecule has 0 radical (unpaired) electrons. The summed E-state index contributed by atoms with van der Waals surface area (Å²) in [5, 5.41) is 20.3. The van der Waals surface area contributed by atoms with Crippen LogP contribution in [0.25, 0.3) is 0 Å². The molecule has 3 N–H and O–H groups in total. The number of carbonyl (C=O) groups excluding carboxylic acids is 1. The van der Waals surface area contributed by atoms with Crippen LogP contribution in [0.15, 0.2) is 12.7 Å². The Morgan fingerprint density at radius 1 is 1.47 bits per heavy atom. The molecule has 5 nitrogen and oxygen atoms in total. The molecule has 0 saturated heterocycles. The summed E-state index contributed by atoms with van der Waals surface area (Å²) in [6.07, 6.45) is 1.64. The van der Waals surface area contributed by atoms with E-state index in [0.29, 0.717) is 0 Å². The third kappa shape index (κ3) is 4.19. The van der Waals surface area contributed by atoms with Crippen molar-refractivity contribution >= 4 is 11.9 Å². The monoisotopic (exact) mass is 243 g/mol. The molecule has 0 aliphatic rings. The van der Waals surface area contributed by atoms with Crippen LogP contribution in [0.4, 0.5) is 0 Å². The molecule has 0 heterocycles. The summed E-state index contributed by atoms with van der Waals surface area (Å²) < 4.78 is 0. The maximum absolute atomic E-state index is 11.9. The zero-order valence-corrected chi connectivity index (χ0v) is 10.6. The first-order valence-corrected chi connectivity index (χ1v) is 5.56. The van der Waals surface area contributed by atoms with Gasteiger partial charge in [-0.05, 0) is 19.3 Å². The molecule has 5 heteroatoms. The number of aliphatic hydroxyl groups excluding tert-OH is 1. The van der Waals surface area contributed by atoms with Crippen molar-refractivity contribution in [3.63, 3.8) is 0 Å². The molecule has 0 saturated carbocycles. The molecule has 0 aromatic heterocycles. The molecule has 0 bridgehead atoms. The average molecular weight is 243 g/mol. The minimum Gasteiger partial charge on any atom is -0.480 e. The number of amides is 1. The van der Waals surface area contributed by atoms with E-state index in [1.807, 2.05) is 0 Å². The third-order valence-electron chi connectivity index (χ3n) is 2.82. The molecule has 0 aromatic rings. The Labute approximate surface area is 102 Å². The van der Waals surface area contributed by atoms with E-state index in [-0.39, 0.29) is 18.9 Å². The largest absolute Gasteiger partial charge is 0.480 e. The Bertz CT molecular complexity index is 301. The summed E-state index contributed by atoms with van der Waals surface area (Å²) in [6, 6.07) is -0.930.